The van der Waals surface area contributed by atoms with Crippen molar-refractivity contribution in [3.05, 3.63) is 77.4 Å². The highest BCUT2D eigenvalue weighted by molar-refractivity contribution is 5.85. The van der Waals surface area contributed by atoms with E-state index >= 15 is 0 Å². The van der Waals surface area contributed by atoms with Gasteiger partial charge in [0.2, 0.25) is 0 Å². The molecule has 0 aliphatic carbocycles. The summed E-state index contributed by atoms with van der Waals surface area (Å²) in [6, 6.07) is 21.5. The minimum atomic E-state index is 0.802. The lowest BCUT2D eigenvalue weighted by Crippen LogP contribution is -1.97. The van der Waals surface area contributed by atoms with E-state index in [-0.39, 0.29) is 0 Å². The SMILES string of the molecule is CCCCCCCOc1ccc2cc(C#Cc3ccc(CCCCC)cc3)ccc2c1. The molecule has 0 N–H and O–H groups in total. The van der Waals surface area contributed by atoms with Crippen LogP contribution in [0.5, 0.6) is 5.75 Å². The Morgan fingerprint density at radius 1 is 0.613 bits per heavy atom. The first kappa shape index (κ1) is 23.0. The van der Waals surface area contributed by atoms with Gasteiger partial charge in [-0.2, -0.15) is 0 Å². The molecule has 0 radical (unpaired) electrons. The first-order valence-corrected chi connectivity index (χ1v) is 12.1. The zero-order valence-corrected chi connectivity index (χ0v) is 19.3. The van der Waals surface area contributed by atoms with Gasteiger partial charge in [-0.05, 0) is 72.0 Å². The molecule has 0 saturated carbocycles. The van der Waals surface area contributed by atoms with Crippen molar-refractivity contribution in [3.8, 4) is 17.6 Å². The fourth-order valence-electron chi connectivity index (χ4n) is 3.77. The van der Waals surface area contributed by atoms with Crippen LogP contribution < -0.4 is 4.74 Å². The van der Waals surface area contributed by atoms with Crippen LogP contribution in [0.4, 0.5) is 0 Å². The van der Waals surface area contributed by atoms with Gasteiger partial charge in [-0.25, -0.2) is 0 Å². The van der Waals surface area contributed by atoms with E-state index in [1.807, 2.05) is 0 Å². The predicted molar refractivity (Wildman–Crippen MR) is 134 cm³/mol. The third-order valence-corrected chi connectivity index (χ3v) is 5.70. The second-order valence-corrected chi connectivity index (χ2v) is 8.39. The average Bonchev–Trinajstić information content (AvgIpc) is 2.81. The fourth-order valence-corrected chi connectivity index (χ4v) is 3.77. The van der Waals surface area contributed by atoms with Gasteiger partial charge in [0, 0.05) is 11.1 Å². The number of hydrogen-bond donors (Lipinski definition) is 0. The van der Waals surface area contributed by atoms with Gasteiger partial charge in [-0.3, -0.25) is 0 Å². The van der Waals surface area contributed by atoms with Crippen LogP contribution in [0.2, 0.25) is 0 Å². The molecule has 0 amide bonds. The topological polar surface area (TPSA) is 9.23 Å². The smallest absolute Gasteiger partial charge is 0.119 e. The monoisotopic (exact) mass is 412 g/mol. The Morgan fingerprint density at radius 2 is 1.26 bits per heavy atom. The molecule has 1 nitrogen and oxygen atoms in total. The number of fused-ring (bicyclic) bond motifs is 1. The molecule has 0 atom stereocenters. The van der Waals surface area contributed by atoms with Gasteiger partial charge in [0.15, 0.2) is 0 Å². The zero-order chi connectivity index (χ0) is 21.7. The van der Waals surface area contributed by atoms with Crippen molar-refractivity contribution >= 4 is 10.8 Å². The summed E-state index contributed by atoms with van der Waals surface area (Å²) in [5.74, 6) is 7.58. The van der Waals surface area contributed by atoms with Crippen LogP contribution in [0.15, 0.2) is 60.7 Å². The molecule has 3 rings (SSSR count). The van der Waals surface area contributed by atoms with E-state index in [9.17, 15) is 0 Å². The Labute approximate surface area is 188 Å². The van der Waals surface area contributed by atoms with Crippen molar-refractivity contribution in [2.24, 2.45) is 0 Å². The van der Waals surface area contributed by atoms with E-state index in [0.29, 0.717) is 0 Å². The summed E-state index contributed by atoms with van der Waals surface area (Å²) >= 11 is 0. The normalized spacial score (nSPS) is 10.6. The lowest BCUT2D eigenvalue weighted by molar-refractivity contribution is 0.305. The van der Waals surface area contributed by atoms with Crippen LogP contribution in [0.3, 0.4) is 0 Å². The largest absolute Gasteiger partial charge is 0.494 e. The van der Waals surface area contributed by atoms with E-state index in [1.165, 1.54) is 61.3 Å². The highest BCUT2D eigenvalue weighted by atomic mass is 16.5. The van der Waals surface area contributed by atoms with Crippen molar-refractivity contribution in [1.82, 2.24) is 0 Å². The van der Waals surface area contributed by atoms with E-state index < -0.39 is 0 Å². The first-order valence-electron chi connectivity index (χ1n) is 12.1. The Kier molecular flexibility index (Phi) is 9.52. The standard InChI is InChI=1S/C30H36O/c1-3-5-7-8-10-22-31-30-21-20-28-23-27(18-19-29(28)24-30)17-16-26-14-12-25(13-15-26)11-9-6-4-2/h12-15,18-21,23-24H,3-11,22H2,1-2H3. The highest BCUT2D eigenvalue weighted by Gasteiger charge is 2.00. The lowest BCUT2D eigenvalue weighted by atomic mass is 10.0. The fraction of sp³-hybridized carbons (Fsp3) is 0.400. The van der Waals surface area contributed by atoms with E-state index in [0.717, 1.165) is 36.3 Å². The number of benzene rings is 3. The van der Waals surface area contributed by atoms with Crippen molar-refractivity contribution in [2.75, 3.05) is 6.61 Å². The van der Waals surface area contributed by atoms with Gasteiger partial charge >= 0.3 is 0 Å². The second-order valence-electron chi connectivity index (χ2n) is 8.39. The van der Waals surface area contributed by atoms with Crippen molar-refractivity contribution in [1.29, 1.82) is 0 Å². The molecular formula is C30H36O. The van der Waals surface area contributed by atoms with Gasteiger partial charge in [-0.1, -0.05) is 88.5 Å². The highest BCUT2D eigenvalue weighted by Crippen LogP contribution is 2.22. The van der Waals surface area contributed by atoms with Crippen LogP contribution in [0.1, 0.15) is 81.9 Å². The molecule has 0 heterocycles. The summed E-state index contributed by atoms with van der Waals surface area (Å²) in [7, 11) is 0. The van der Waals surface area contributed by atoms with Crippen LogP contribution in [0, 0.1) is 11.8 Å². The number of ether oxygens (including phenoxy) is 1. The van der Waals surface area contributed by atoms with Gasteiger partial charge < -0.3 is 4.74 Å². The molecule has 0 spiro atoms. The van der Waals surface area contributed by atoms with Gasteiger partial charge in [-0.15, -0.1) is 0 Å². The Bertz CT molecular complexity index is 988. The number of hydrogen-bond acceptors (Lipinski definition) is 1. The third-order valence-electron chi connectivity index (χ3n) is 5.70. The summed E-state index contributed by atoms with van der Waals surface area (Å²) in [4.78, 5) is 0. The Hall–Kier alpha value is -2.72. The van der Waals surface area contributed by atoms with Crippen molar-refractivity contribution in [3.63, 3.8) is 0 Å². The molecule has 0 unspecified atom stereocenters. The molecule has 3 aromatic carbocycles. The van der Waals surface area contributed by atoms with E-state index in [4.69, 9.17) is 4.74 Å². The quantitative estimate of drug-likeness (QED) is 0.227. The molecule has 0 aliphatic rings. The summed E-state index contributed by atoms with van der Waals surface area (Å²) in [5, 5.41) is 2.40. The molecule has 0 aromatic heterocycles. The lowest BCUT2D eigenvalue weighted by Gasteiger charge is -2.07. The third kappa shape index (κ3) is 7.80. The van der Waals surface area contributed by atoms with E-state index in [1.54, 1.807) is 0 Å². The minimum absolute atomic E-state index is 0.802. The van der Waals surface area contributed by atoms with Crippen LogP contribution in [0.25, 0.3) is 10.8 Å². The number of rotatable bonds is 11. The number of aryl methyl sites for hydroxylation is 1. The second kappa shape index (κ2) is 12.9. The molecule has 31 heavy (non-hydrogen) atoms. The Morgan fingerprint density at radius 3 is 2.06 bits per heavy atom. The Balaban J connectivity index is 1.56. The summed E-state index contributed by atoms with van der Waals surface area (Å²) < 4.78 is 5.94. The molecule has 162 valence electrons. The molecule has 0 aliphatic heterocycles. The summed E-state index contributed by atoms with van der Waals surface area (Å²) in [6.07, 6.45) is 11.3. The number of unbranched alkanes of at least 4 members (excludes halogenated alkanes) is 6. The van der Waals surface area contributed by atoms with Gasteiger partial charge in [0.1, 0.15) is 5.75 Å². The molecule has 0 saturated heterocycles. The molecule has 3 aromatic rings. The summed E-state index contributed by atoms with van der Waals surface area (Å²) in [6.45, 7) is 5.29. The minimum Gasteiger partial charge on any atom is -0.494 e. The maximum atomic E-state index is 5.94. The molecule has 1 heteroatoms. The maximum absolute atomic E-state index is 5.94. The van der Waals surface area contributed by atoms with Crippen molar-refractivity contribution in [2.45, 2.75) is 71.6 Å². The van der Waals surface area contributed by atoms with Crippen LogP contribution in [-0.2, 0) is 6.42 Å². The molecule has 0 fully saturated rings. The first-order chi connectivity index (χ1) is 15.3. The predicted octanol–water partition coefficient (Wildman–Crippen LogP) is 8.32. The molecular weight excluding hydrogens is 376 g/mol. The van der Waals surface area contributed by atoms with Gasteiger partial charge in [0.05, 0.1) is 6.61 Å². The zero-order valence-electron chi connectivity index (χ0n) is 19.3. The molecule has 0 bridgehead atoms. The van der Waals surface area contributed by atoms with Crippen LogP contribution in [-0.4, -0.2) is 6.61 Å². The van der Waals surface area contributed by atoms with Gasteiger partial charge in [0.25, 0.3) is 0 Å². The summed E-state index contributed by atoms with van der Waals surface area (Å²) in [5.41, 5.74) is 3.52. The van der Waals surface area contributed by atoms with Crippen molar-refractivity contribution < 1.29 is 4.74 Å². The van der Waals surface area contributed by atoms with Crippen LogP contribution >= 0.6 is 0 Å². The van der Waals surface area contributed by atoms with E-state index in [2.05, 4.69) is 86.4 Å². The average molecular weight is 413 g/mol. The maximum Gasteiger partial charge on any atom is 0.119 e.